The van der Waals surface area contributed by atoms with Crippen LogP contribution in [0, 0.1) is 5.82 Å². The third-order valence-electron chi connectivity index (χ3n) is 3.72. The number of halogens is 1. The van der Waals surface area contributed by atoms with Crippen LogP contribution in [0.5, 0.6) is 0 Å². The largest absolute Gasteiger partial charge is 0.354 e. The van der Waals surface area contributed by atoms with Crippen molar-refractivity contribution in [2.75, 3.05) is 19.6 Å². The summed E-state index contributed by atoms with van der Waals surface area (Å²) in [5, 5.41) is 5.62. The van der Waals surface area contributed by atoms with Gasteiger partial charge in [0.2, 0.25) is 11.8 Å². The average molecular weight is 293 g/mol. The number of hydrogen-bond donors (Lipinski definition) is 2. The fourth-order valence-electron chi connectivity index (χ4n) is 2.32. The van der Waals surface area contributed by atoms with Crippen molar-refractivity contribution < 1.29 is 14.0 Å². The van der Waals surface area contributed by atoms with Crippen LogP contribution in [0.2, 0.25) is 0 Å². The predicted octanol–water partition coefficient (Wildman–Crippen LogP) is 0.823. The molecule has 1 aliphatic heterocycles. The van der Waals surface area contributed by atoms with E-state index in [1.807, 2.05) is 11.8 Å². The molecule has 0 saturated carbocycles. The maximum Gasteiger partial charge on any atom is 0.237 e. The van der Waals surface area contributed by atoms with Crippen LogP contribution in [0.4, 0.5) is 4.39 Å². The van der Waals surface area contributed by atoms with Crippen molar-refractivity contribution >= 4 is 11.8 Å². The molecule has 2 N–H and O–H groups in total. The van der Waals surface area contributed by atoms with E-state index in [1.54, 1.807) is 19.1 Å². The summed E-state index contributed by atoms with van der Waals surface area (Å²) in [5.41, 5.74) is 0.841. The quantitative estimate of drug-likeness (QED) is 0.864. The van der Waals surface area contributed by atoms with Crippen molar-refractivity contribution in [3.63, 3.8) is 0 Å². The Labute approximate surface area is 123 Å². The van der Waals surface area contributed by atoms with Gasteiger partial charge in [0, 0.05) is 13.1 Å². The molecule has 1 aromatic carbocycles. The first-order valence-corrected chi connectivity index (χ1v) is 7.04. The molecule has 0 aliphatic carbocycles. The zero-order valence-corrected chi connectivity index (χ0v) is 12.2. The van der Waals surface area contributed by atoms with Crippen LogP contribution in [-0.4, -0.2) is 42.4 Å². The summed E-state index contributed by atoms with van der Waals surface area (Å²) in [5.74, 6) is -0.501. The van der Waals surface area contributed by atoms with Gasteiger partial charge < -0.3 is 10.6 Å². The Balaban J connectivity index is 1.93. The summed E-state index contributed by atoms with van der Waals surface area (Å²) in [6.07, 6.45) is 0. The average Bonchev–Trinajstić information content (AvgIpc) is 2.47. The number of piperazine rings is 1. The molecule has 2 rings (SSSR count). The van der Waals surface area contributed by atoms with Crippen molar-refractivity contribution in [2.24, 2.45) is 0 Å². The minimum Gasteiger partial charge on any atom is -0.354 e. The molecule has 1 heterocycles. The van der Waals surface area contributed by atoms with Crippen molar-refractivity contribution in [3.05, 3.63) is 35.6 Å². The van der Waals surface area contributed by atoms with Crippen LogP contribution in [0.15, 0.2) is 24.3 Å². The normalized spacial score (nSPS) is 18.7. The summed E-state index contributed by atoms with van der Waals surface area (Å²) in [7, 11) is 0. The Morgan fingerprint density at radius 1 is 1.33 bits per heavy atom. The maximum atomic E-state index is 12.9. The number of benzene rings is 1. The van der Waals surface area contributed by atoms with E-state index < -0.39 is 0 Å². The number of amides is 2. The van der Waals surface area contributed by atoms with E-state index in [9.17, 15) is 14.0 Å². The first-order chi connectivity index (χ1) is 9.97. The molecule has 1 saturated heterocycles. The number of rotatable bonds is 4. The second-order valence-corrected chi connectivity index (χ2v) is 5.28. The summed E-state index contributed by atoms with van der Waals surface area (Å²) in [6, 6.07) is 5.46. The lowest BCUT2D eigenvalue weighted by atomic mass is 10.1. The summed E-state index contributed by atoms with van der Waals surface area (Å²) in [6.45, 7) is 5.08. The molecule has 1 fully saturated rings. The summed E-state index contributed by atoms with van der Waals surface area (Å²) in [4.78, 5) is 25.4. The number of carbonyl (C=O) groups excluding carboxylic acids is 2. The van der Waals surface area contributed by atoms with Gasteiger partial charge >= 0.3 is 0 Å². The van der Waals surface area contributed by atoms with Gasteiger partial charge in [-0.05, 0) is 31.5 Å². The highest BCUT2D eigenvalue weighted by Gasteiger charge is 2.26. The summed E-state index contributed by atoms with van der Waals surface area (Å²) < 4.78 is 12.9. The third-order valence-corrected chi connectivity index (χ3v) is 3.72. The lowest BCUT2D eigenvalue weighted by molar-refractivity contribution is -0.130. The fraction of sp³-hybridized carbons (Fsp3) is 0.467. The lowest BCUT2D eigenvalue weighted by Gasteiger charge is -2.31. The molecule has 1 aliphatic rings. The molecule has 0 aromatic heterocycles. The van der Waals surface area contributed by atoms with E-state index in [0.29, 0.717) is 13.1 Å². The first-order valence-electron chi connectivity index (χ1n) is 7.04. The van der Waals surface area contributed by atoms with Gasteiger partial charge in [0.05, 0.1) is 18.6 Å². The van der Waals surface area contributed by atoms with E-state index in [4.69, 9.17) is 0 Å². The number of nitrogens with one attached hydrogen (secondary N) is 2. The van der Waals surface area contributed by atoms with Crippen LogP contribution >= 0.6 is 0 Å². The van der Waals surface area contributed by atoms with Gasteiger partial charge in [0.1, 0.15) is 5.82 Å². The zero-order valence-electron chi connectivity index (χ0n) is 12.2. The van der Waals surface area contributed by atoms with Crippen LogP contribution in [0.1, 0.15) is 25.5 Å². The number of nitrogens with zero attached hydrogens (tertiary/aromatic N) is 1. The van der Waals surface area contributed by atoms with Crippen LogP contribution in [-0.2, 0) is 9.59 Å². The zero-order chi connectivity index (χ0) is 15.4. The predicted molar refractivity (Wildman–Crippen MR) is 77.0 cm³/mol. The molecule has 0 unspecified atom stereocenters. The summed E-state index contributed by atoms with van der Waals surface area (Å²) >= 11 is 0. The van der Waals surface area contributed by atoms with Crippen molar-refractivity contribution in [1.29, 1.82) is 0 Å². The molecular weight excluding hydrogens is 273 g/mol. The molecule has 21 heavy (non-hydrogen) atoms. The molecule has 6 heteroatoms. The first kappa shape index (κ1) is 15.4. The SMILES string of the molecule is C[C@H](NC(=O)[C@@H](C)N1CCNC(=O)C1)c1ccc(F)cc1. The molecular formula is C15H20FN3O2. The highest BCUT2D eigenvalue weighted by Crippen LogP contribution is 2.13. The smallest absolute Gasteiger partial charge is 0.237 e. The number of carbonyl (C=O) groups is 2. The van der Waals surface area contributed by atoms with Crippen molar-refractivity contribution in [3.8, 4) is 0 Å². The van der Waals surface area contributed by atoms with Gasteiger partial charge in [-0.25, -0.2) is 4.39 Å². The van der Waals surface area contributed by atoms with Crippen LogP contribution in [0.3, 0.4) is 0 Å². The van der Waals surface area contributed by atoms with E-state index in [0.717, 1.165) is 5.56 Å². The molecule has 0 radical (unpaired) electrons. The minimum atomic E-state index is -0.376. The Morgan fingerprint density at radius 2 is 2.00 bits per heavy atom. The maximum absolute atomic E-state index is 12.9. The highest BCUT2D eigenvalue weighted by molar-refractivity contribution is 5.84. The molecule has 114 valence electrons. The van der Waals surface area contributed by atoms with Crippen molar-refractivity contribution in [1.82, 2.24) is 15.5 Å². The molecule has 2 atom stereocenters. The standard InChI is InChI=1S/C15H20FN3O2/c1-10(12-3-5-13(16)6-4-12)18-15(21)11(2)19-8-7-17-14(20)9-19/h3-6,10-11H,7-9H2,1-2H3,(H,17,20)(H,18,21)/t10-,11+/m0/s1. The van der Waals surface area contributed by atoms with E-state index in [-0.39, 0.29) is 36.3 Å². The lowest BCUT2D eigenvalue weighted by Crippen LogP contribution is -2.55. The Bertz CT molecular complexity index is 518. The second-order valence-electron chi connectivity index (χ2n) is 5.28. The molecule has 2 amide bonds. The topological polar surface area (TPSA) is 61.4 Å². The molecule has 1 aromatic rings. The second kappa shape index (κ2) is 6.67. The molecule has 0 spiro atoms. The van der Waals surface area contributed by atoms with Crippen LogP contribution in [0.25, 0.3) is 0 Å². The van der Waals surface area contributed by atoms with Gasteiger partial charge in [0.15, 0.2) is 0 Å². The monoisotopic (exact) mass is 293 g/mol. The van der Waals surface area contributed by atoms with E-state index in [2.05, 4.69) is 10.6 Å². The third kappa shape index (κ3) is 4.01. The Morgan fingerprint density at radius 3 is 2.62 bits per heavy atom. The van der Waals surface area contributed by atoms with Gasteiger partial charge in [-0.3, -0.25) is 14.5 Å². The van der Waals surface area contributed by atoms with E-state index in [1.165, 1.54) is 12.1 Å². The Kier molecular flexibility index (Phi) is 4.90. The fourth-order valence-corrected chi connectivity index (χ4v) is 2.32. The minimum absolute atomic E-state index is 0.0625. The number of hydrogen-bond acceptors (Lipinski definition) is 3. The van der Waals surface area contributed by atoms with Gasteiger partial charge in [-0.15, -0.1) is 0 Å². The van der Waals surface area contributed by atoms with Gasteiger partial charge in [0.25, 0.3) is 0 Å². The molecule has 5 nitrogen and oxygen atoms in total. The van der Waals surface area contributed by atoms with Crippen LogP contribution < -0.4 is 10.6 Å². The Hall–Kier alpha value is -1.95. The molecule has 0 bridgehead atoms. The van der Waals surface area contributed by atoms with Crippen molar-refractivity contribution in [2.45, 2.75) is 25.9 Å². The van der Waals surface area contributed by atoms with Gasteiger partial charge in [-0.2, -0.15) is 0 Å². The van der Waals surface area contributed by atoms with Gasteiger partial charge in [-0.1, -0.05) is 12.1 Å². The van der Waals surface area contributed by atoms with E-state index >= 15 is 0 Å². The highest BCUT2D eigenvalue weighted by atomic mass is 19.1.